The van der Waals surface area contributed by atoms with E-state index >= 15 is 0 Å². The van der Waals surface area contributed by atoms with E-state index in [2.05, 4.69) is 27.5 Å². The van der Waals surface area contributed by atoms with Crippen molar-refractivity contribution in [1.82, 2.24) is 15.6 Å². The van der Waals surface area contributed by atoms with Gasteiger partial charge in [-0.05, 0) is 31.4 Å². The normalized spacial score (nSPS) is 19.2. The summed E-state index contributed by atoms with van der Waals surface area (Å²) in [5.41, 5.74) is 0.790. The summed E-state index contributed by atoms with van der Waals surface area (Å²) in [6.07, 6.45) is 3.86. The van der Waals surface area contributed by atoms with Crippen LogP contribution in [-0.4, -0.2) is 23.5 Å². The maximum atomic E-state index is 13.9. The second-order valence-corrected chi connectivity index (χ2v) is 7.08. The molecule has 136 valence electrons. The summed E-state index contributed by atoms with van der Waals surface area (Å²) in [7, 11) is 0. The van der Waals surface area contributed by atoms with Crippen LogP contribution in [0.1, 0.15) is 41.6 Å². The van der Waals surface area contributed by atoms with Crippen molar-refractivity contribution in [2.45, 2.75) is 45.2 Å². The minimum absolute atomic E-state index is 0. The number of hydrogen-bond donors (Lipinski definition) is 2. The third-order valence-electron chi connectivity index (χ3n) is 4.08. The van der Waals surface area contributed by atoms with E-state index in [-0.39, 0.29) is 41.8 Å². The molecule has 25 heavy (non-hydrogen) atoms. The molecule has 0 aliphatic heterocycles. The molecule has 2 atom stereocenters. The van der Waals surface area contributed by atoms with Crippen molar-refractivity contribution >= 4 is 41.3 Å². The Morgan fingerprint density at radius 2 is 2.16 bits per heavy atom. The van der Waals surface area contributed by atoms with Gasteiger partial charge in [0.1, 0.15) is 10.8 Å². The fourth-order valence-electron chi connectivity index (χ4n) is 2.70. The molecule has 1 fully saturated rings. The van der Waals surface area contributed by atoms with Crippen molar-refractivity contribution in [3.63, 3.8) is 0 Å². The Hall–Kier alpha value is -1.22. The quantitative estimate of drug-likeness (QED) is 0.377. The van der Waals surface area contributed by atoms with E-state index in [1.165, 1.54) is 10.9 Å². The Balaban J connectivity index is 0.00000225. The summed E-state index contributed by atoms with van der Waals surface area (Å²) < 4.78 is 13.9. The molecule has 1 aromatic carbocycles. The van der Waals surface area contributed by atoms with Gasteiger partial charge in [0.25, 0.3) is 0 Å². The molecule has 7 heteroatoms. The van der Waals surface area contributed by atoms with Crippen LogP contribution < -0.4 is 10.6 Å². The Labute approximate surface area is 169 Å². The standard InChI is InChI=1S/C18H23FN4S.HI/c1-3-12-10-21-17(24-12)11-22-18(20-4-2)23-16-9-14(16)13-7-5-6-8-15(13)19;/h5-8,10,14,16H,3-4,9,11H2,1-2H3,(H2,20,22,23);1H. The monoisotopic (exact) mass is 474 g/mol. The number of aryl methyl sites for hydroxylation is 1. The van der Waals surface area contributed by atoms with Crippen molar-refractivity contribution in [2.24, 2.45) is 4.99 Å². The Kier molecular flexibility index (Phi) is 7.61. The SMILES string of the molecule is CCNC(=NCc1ncc(CC)s1)NC1CC1c1ccccc1F.I. The predicted molar refractivity (Wildman–Crippen MR) is 112 cm³/mol. The molecule has 0 radical (unpaired) electrons. The first-order valence-corrected chi connectivity index (χ1v) is 9.25. The van der Waals surface area contributed by atoms with Gasteiger partial charge < -0.3 is 10.6 Å². The molecule has 2 aromatic rings. The van der Waals surface area contributed by atoms with Crippen LogP contribution in [0.25, 0.3) is 0 Å². The number of thiazole rings is 1. The van der Waals surface area contributed by atoms with Gasteiger partial charge in [-0.3, -0.25) is 0 Å². The van der Waals surface area contributed by atoms with Crippen molar-refractivity contribution in [1.29, 1.82) is 0 Å². The fraction of sp³-hybridized carbons (Fsp3) is 0.444. The Morgan fingerprint density at radius 1 is 1.36 bits per heavy atom. The van der Waals surface area contributed by atoms with Gasteiger partial charge in [-0.15, -0.1) is 35.3 Å². The van der Waals surface area contributed by atoms with Crippen LogP contribution in [-0.2, 0) is 13.0 Å². The number of aromatic nitrogens is 1. The minimum atomic E-state index is -0.122. The van der Waals surface area contributed by atoms with Crippen LogP contribution in [0.4, 0.5) is 4.39 Å². The largest absolute Gasteiger partial charge is 0.357 e. The molecular formula is C18H24FIN4S. The summed E-state index contributed by atoms with van der Waals surface area (Å²) in [6.45, 7) is 5.53. The number of rotatable bonds is 6. The zero-order valence-corrected chi connectivity index (χ0v) is 17.6. The maximum absolute atomic E-state index is 13.9. The number of nitrogens with zero attached hydrogens (tertiary/aromatic N) is 2. The van der Waals surface area contributed by atoms with Gasteiger partial charge in [0.15, 0.2) is 5.96 Å². The topological polar surface area (TPSA) is 49.3 Å². The fourth-order valence-corrected chi connectivity index (χ4v) is 3.49. The van der Waals surface area contributed by atoms with Gasteiger partial charge in [-0.2, -0.15) is 0 Å². The molecule has 2 unspecified atom stereocenters. The second-order valence-electron chi connectivity index (χ2n) is 5.88. The molecular weight excluding hydrogens is 450 g/mol. The highest BCUT2D eigenvalue weighted by molar-refractivity contribution is 14.0. The second kappa shape index (κ2) is 9.47. The van der Waals surface area contributed by atoms with Crippen LogP contribution in [0.2, 0.25) is 0 Å². The highest BCUT2D eigenvalue weighted by Gasteiger charge is 2.40. The van der Waals surface area contributed by atoms with Crippen LogP contribution >= 0.6 is 35.3 Å². The molecule has 0 saturated heterocycles. The van der Waals surface area contributed by atoms with Crippen molar-refractivity contribution < 1.29 is 4.39 Å². The molecule has 3 rings (SSSR count). The predicted octanol–water partition coefficient (Wildman–Crippen LogP) is 4.07. The Bertz CT molecular complexity index is 719. The summed E-state index contributed by atoms with van der Waals surface area (Å²) >= 11 is 1.70. The van der Waals surface area contributed by atoms with E-state index in [0.717, 1.165) is 35.9 Å². The number of hydrogen-bond acceptors (Lipinski definition) is 3. The molecule has 0 bridgehead atoms. The van der Waals surface area contributed by atoms with Crippen LogP contribution in [0.15, 0.2) is 35.5 Å². The average Bonchev–Trinajstić information content (AvgIpc) is 3.18. The molecule has 1 heterocycles. The van der Waals surface area contributed by atoms with E-state index < -0.39 is 0 Å². The first kappa shape index (κ1) is 20.1. The van der Waals surface area contributed by atoms with E-state index in [1.807, 2.05) is 25.3 Å². The smallest absolute Gasteiger partial charge is 0.191 e. The molecule has 4 nitrogen and oxygen atoms in total. The minimum Gasteiger partial charge on any atom is -0.357 e. The van der Waals surface area contributed by atoms with E-state index in [4.69, 9.17) is 0 Å². The van der Waals surface area contributed by atoms with Crippen molar-refractivity contribution in [3.05, 3.63) is 51.7 Å². The van der Waals surface area contributed by atoms with E-state index in [9.17, 15) is 4.39 Å². The van der Waals surface area contributed by atoms with Crippen LogP contribution in [0.5, 0.6) is 0 Å². The number of halogens is 2. The zero-order chi connectivity index (χ0) is 16.9. The molecule has 2 N–H and O–H groups in total. The molecule has 1 aromatic heterocycles. The lowest BCUT2D eigenvalue weighted by atomic mass is 10.1. The first-order chi connectivity index (χ1) is 11.7. The summed E-state index contributed by atoms with van der Waals surface area (Å²) in [4.78, 5) is 10.3. The number of benzene rings is 1. The van der Waals surface area contributed by atoms with Gasteiger partial charge in [0.2, 0.25) is 0 Å². The number of nitrogens with one attached hydrogen (secondary N) is 2. The summed E-state index contributed by atoms with van der Waals surface area (Å²) in [5.74, 6) is 0.875. The first-order valence-electron chi connectivity index (χ1n) is 8.44. The van der Waals surface area contributed by atoms with Gasteiger partial charge in [-0.25, -0.2) is 14.4 Å². The van der Waals surface area contributed by atoms with Crippen molar-refractivity contribution in [3.8, 4) is 0 Å². The summed E-state index contributed by atoms with van der Waals surface area (Å²) in [6, 6.07) is 7.25. The molecule has 0 amide bonds. The van der Waals surface area contributed by atoms with E-state index in [1.54, 1.807) is 17.4 Å². The average molecular weight is 474 g/mol. The molecule has 1 aliphatic rings. The van der Waals surface area contributed by atoms with Gasteiger partial charge in [0.05, 0.1) is 6.54 Å². The Morgan fingerprint density at radius 3 is 2.84 bits per heavy atom. The lowest BCUT2D eigenvalue weighted by molar-refractivity contribution is 0.607. The third-order valence-corrected chi connectivity index (χ3v) is 5.21. The van der Waals surface area contributed by atoms with Gasteiger partial charge >= 0.3 is 0 Å². The van der Waals surface area contributed by atoms with Gasteiger partial charge in [-0.1, -0.05) is 25.1 Å². The number of guanidine groups is 1. The van der Waals surface area contributed by atoms with Crippen LogP contribution in [0, 0.1) is 5.82 Å². The van der Waals surface area contributed by atoms with E-state index in [0.29, 0.717) is 6.54 Å². The maximum Gasteiger partial charge on any atom is 0.191 e. The lowest BCUT2D eigenvalue weighted by Crippen LogP contribution is -2.39. The van der Waals surface area contributed by atoms with Crippen molar-refractivity contribution in [2.75, 3.05) is 6.54 Å². The highest BCUT2D eigenvalue weighted by Crippen LogP contribution is 2.41. The van der Waals surface area contributed by atoms with Gasteiger partial charge in [0, 0.05) is 29.6 Å². The zero-order valence-electron chi connectivity index (χ0n) is 14.5. The number of aliphatic imine (C=N–C) groups is 1. The highest BCUT2D eigenvalue weighted by atomic mass is 127. The lowest BCUT2D eigenvalue weighted by Gasteiger charge is -2.11. The third kappa shape index (κ3) is 5.37. The molecule has 1 aliphatic carbocycles. The molecule has 0 spiro atoms. The molecule has 1 saturated carbocycles. The summed E-state index contributed by atoms with van der Waals surface area (Å²) in [5, 5.41) is 7.68. The van der Waals surface area contributed by atoms with Crippen LogP contribution in [0.3, 0.4) is 0 Å².